The van der Waals surface area contributed by atoms with Gasteiger partial charge >= 0.3 is 6.03 Å². The molecule has 0 aliphatic carbocycles. The fourth-order valence-corrected chi connectivity index (χ4v) is 3.02. The molecule has 30 heavy (non-hydrogen) atoms. The monoisotopic (exact) mass is 400 g/mol. The Morgan fingerprint density at radius 1 is 1.17 bits per heavy atom. The number of carbonyl (C=O) groups excluding carboxylic acids is 3. The number of imide groups is 2. The SMILES string of the molecule is C#CCOc1ccc(/C=C2\C(=O)NC(=O)N(c3ccc(C)cc3)C2=O)cc1CC=C. The van der Waals surface area contributed by atoms with Crippen LogP contribution in [0.1, 0.15) is 16.7 Å². The maximum absolute atomic E-state index is 13.0. The number of ether oxygens (including phenoxy) is 1. The van der Waals surface area contributed by atoms with Gasteiger partial charge in [0.2, 0.25) is 0 Å². The van der Waals surface area contributed by atoms with Crippen molar-refractivity contribution in [3.63, 3.8) is 0 Å². The number of hydrogen-bond donors (Lipinski definition) is 1. The normalized spacial score (nSPS) is 15.0. The number of aryl methyl sites for hydroxylation is 1. The smallest absolute Gasteiger partial charge is 0.335 e. The van der Waals surface area contributed by atoms with Crippen LogP contribution in [-0.4, -0.2) is 24.5 Å². The van der Waals surface area contributed by atoms with Gasteiger partial charge < -0.3 is 4.74 Å². The number of amides is 4. The van der Waals surface area contributed by atoms with Crippen LogP contribution in [0.25, 0.3) is 6.08 Å². The Kier molecular flexibility index (Phi) is 6.14. The van der Waals surface area contributed by atoms with E-state index in [4.69, 9.17) is 11.2 Å². The van der Waals surface area contributed by atoms with Gasteiger partial charge in [-0.3, -0.25) is 14.9 Å². The third kappa shape index (κ3) is 4.31. The molecule has 1 N–H and O–H groups in total. The molecule has 1 heterocycles. The molecule has 0 atom stereocenters. The summed E-state index contributed by atoms with van der Waals surface area (Å²) in [5.41, 5.74) is 2.64. The maximum Gasteiger partial charge on any atom is 0.335 e. The van der Waals surface area contributed by atoms with Crippen LogP contribution in [0.5, 0.6) is 5.75 Å². The summed E-state index contributed by atoms with van der Waals surface area (Å²) >= 11 is 0. The maximum atomic E-state index is 13.0. The summed E-state index contributed by atoms with van der Waals surface area (Å²) in [6, 6.07) is 11.3. The minimum Gasteiger partial charge on any atom is -0.481 e. The Morgan fingerprint density at radius 2 is 1.90 bits per heavy atom. The van der Waals surface area contributed by atoms with Crippen molar-refractivity contribution in [2.75, 3.05) is 11.5 Å². The molecule has 0 spiro atoms. The van der Waals surface area contributed by atoms with Crippen LogP contribution in [0.3, 0.4) is 0 Å². The van der Waals surface area contributed by atoms with E-state index >= 15 is 0 Å². The van der Waals surface area contributed by atoms with Crippen LogP contribution < -0.4 is 15.0 Å². The van der Waals surface area contributed by atoms with Gasteiger partial charge in [0, 0.05) is 0 Å². The molecule has 0 bridgehead atoms. The number of hydrogen-bond acceptors (Lipinski definition) is 4. The zero-order valence-electron chi connectivity index (χ0n) is 16.5. The second-order valence-electron chi connectivity index (χ2n) is 6.65. The van der Waals surface area contributed by atoms with Crippen molar-refractivity contribution in [1.82, 2.24) is 5.32 Å². The van der Waals surface area contributed by atoms with E-state index < -0.39 is 17.8 Å². The first kappa shape index (κ1) is 20.6. The summed E-state index contributed by atoms with van der Waals surface area (Å²) in [7, 11) is 0. The van der Waals surface area contributed by atoms with E-state index in [1.54, 1.807) is 48.5 Å². The number of anilines is 1. The third-order valence-corrected chi connectivity index (χ3v) is 4.46. The molecular weight excluding hydrogens is 380 g/mol. The molecule has 1 aliphatic heterocycles. The van der Waals surface area contributed by atoms with Crippen molar-refractivity contribution in [2.45, 2.75) is 13.3 Å². The van der Waals surface area contributed by atoms with Gasteiger partial charge in [-0.25, -0.2) is 9.69 Å². The number of barbiturate groups is 1. The van der Waals surface area contributed by atoms with Gasteiger partial charge in [0.1, 0.15) is 17.9 Å². The van der Waals surface area contributed by atoms with E-state index in [9.17, 15) is 14.4 Å². The van der Waals surface area contributed by atoms with Crippen LogP contribution in [-0.2, 0) is 16.0 Å². The van der Waals surface area contributed by atoms with Gasteiger partial charge in [-0.2, -0.15) is 0 Å². The summed E-state index contributed by atoms with van der Waals surface area (Å²) < 4.78 is 5.52. The quantitative estimate of drug-likeness (QED) is 0.349. The Hall–Kier alpha value is -4.11. The van der Waals surface area contributed by atoms with E-state index in [0.29, 0.717) is 23.4 Å². The molecule has 1 aliphatic rings. The van der Waals surface area contributed by atoms with E-state index in [2.05, 4.69) is 17.8 Å². The molecule has 2 aromatic rings. The average molecular weight is 400 g/mol. The number of nitrogens with one attached hydrogen (secondary N) is 1. The summed E-state index contributed by atoms with van der Waals surface area (Å²) in [6.07, 6.45) is 8.93. The molecule has 4 amide bonds. The third-order valence-electron chi connectivity index (χ3n) is 4.46. The molecular formula is C24H20N2O4. The highest BCUT2D eigenvalue weighted by Gasteiger charge is 2.36. The first-order valence-electron chi connectivity index (χ1n) is 9.23. The standard InChI is InChI=1S/C24H20N2O4/c1-4-6-18-14-17(9-12-21(18)30-13-5-2)15-20-22(27)25-24(29)26(23(20)28)19-10-7-16(3)8-11-19/h2,4,7-12,14-15H,1,6,13H2,3H3,(H,25,27,29)/b20-15+. The Bertz CT molecular complexity index is 1090. The van der Waals surface area contributed by atoms with Gasteiger partial charge in [0.25, 0.3) is 11.8 Å². The number of urea groups is 1. The van der Waals surface area contributed by atoms with Crippen LogP contribution in [0.4, 0.5) is 10.5 Å². The van der Waals surface area contributed by atoms with E-state index in [0.717, 1.165) is 16.0 Å². The van der Waals surface area contributed by atoms with Crippen molar-refractivity contribution >= 4 is 29.6 Å². The van der Waals surface area contributed by atoms with Crippen LogP contribution in [0.2, 0.25) is 0 Å². The first-order chi connectivity index (χ1) is 14.4. The van der Waals surface area contributed by atoms with Gasteiger partial charge in [0.05, 0.1) is 5.69 Å². The molecule has 6 nitrogen and oxygen atoms in total. The fraction of sp³-hybridized carbons (Fsp3) is 0.125. The van der Waals surface area contributed by atoms with Crippen molar-refractivity contribution in [3.8, 4) is 18.1 Å². The molecule has 0 saturated carbocycles. The summed E-state index contributed by atoms with van der Waals surface area (Å²) in [5, 5.41) is 2.22. The minimum atomic E-state index is -0.781. The average Bonchev–Trinajstić information content (AvgIpc) is 2.72. The molecule has 150 valence electrons. The fourth-order valence-electron chi connectivity index (χ4n) is 3.02. The van der Waals surface area contributed by atoms with Crippen molar-refractivity contribution < 1.29 is 19.1 Å². The largest absolute Gasteiger partial charge is 0.481 e. The number of nitrogens with zero attached hydrogens (tertiary/aromatic N) is 1. The number of benzene rings is 2. The van der Waals surface area contributed by atoms with Crippen molar-refractivity contribution in [3.05, 3.63) is 77.4 Å². The lowest BCUT2D eigenvalue weighted by Crippen LogP contribution is -2.54. The zero-order chi connectivity index (χ0) is 21.7. The van der Waals surface area contributed by atoms with E-state index in [1.165, 1.54) is 6.08 Å². The molecule has 3 rings (SSSR count). The molecule has 0 aromatic heterocycles. The highest BCUT2D eigenvalue weighted by molar-refractivity contribution is 6.39. The van der Waals surface area contributed by atoms with Crippen LogP contribution >= 0.6 is 0 Å². The summed E-state index contributed by atoms with van der Waals surface area (Å²) in [5.74, 6) is 1.58. The number of terminal acetylenes is 1. The highest BCUT2D eigenvalue weighted by atomic mass is 16.5. The van der Waals surface area contributed by atoms with Gasteiger partial charge in [-0.15, -0.1) is 13.0 Å². The Labute approximate surface area is 174 Å². The van der Waals surface area contributed by atoms with E-state index in [-0.39, 0.29) is 12.2 Å². The Balaban J connectivity index is 1.97. The molecule has 1 saturated heterocycles. The summed E-state index contributed by atoms with van der Waals surface area (Å²) in [6.45, 7) is 5.75. The number of carbonyl (C=O) groups is 3. The van der Waals surface area contributed by atoms with Gasteiger partial charge in [0.15, 0.2) is 0 Å². The lowest BCUT2D eigenvalue weighted by Gasteiger charge is -2.26. The van der Waals surface area contributed by atoms with Crippen LogP contribution in [0, 0.1) is 19.3 Å². The molecule has 1 fully saturated rings. The van der Waals surface area contributed by atoms with Crippen LogP contribution in [0.15, 0.2) is 60.7 Å². The van der Waals surface area contributed by atoms with E-state index in [1.807, 2.05) is 6.92 Å². The molecule has 2 aromatic carbocycles. The number of allylic oxidation sites excluding steroid dienone is 1. The minimum absolute atomic E-state index is 0.124. The predicted molar refractivity (Wildman–Crippen MR) is 115 cm³/mol. The lowest BCUT2D eigenvalue weighted by atomic mass is 10.0. The van der Waals surface area contributed by atoms with Gasteiger partial charge in [-0.05, 0) is 54.8 Å². The number of rotatable bonds is 6. The zero-order valence-corrected chi connectivity index (χ0v) is 16.5. The molecule has 6 heteroatoms. The summed E-state index contributed by atoms with van der Waals surface area (Å²) in [4.78, 5) is 38.6. The lowest BCUT2D eigenvalue weighted by molar-refractivity contribution is -0.122. The first-order valence-corrected chi connectivity index (χ1v) is 9.23. The second kappa shape index (κ2) is 8.93. The van der Waals surface area contributed by atoms with Gasteiger partial charge in [-0.1, -0.05) is 35.8 Å². The highest BCUT2D eigenvalue weighted by Crippen LogP contribution is 2.25. The second-order valence-corrected chi connectivity index (χ2v) is 6.65. The van der Waals surface area contributed by atoms with Crippen molar-refractivity contribution in [2.24, 2.45) is 0 Å². The molecule has 0 unspecified atom stereocenters. The predicted octanol–water partition coefficient (Wildman–Crippen LogP) is 3.40. The van der Waals surface area contributed by atoms with Crippen molar-refractivity contribution in [1.29, 1.82) is 0 Å². The topological polar surface area (TPSA) is 75.7 Å². The molecule has 0 radical (unpaired) electrons. The Morgan fingerprint density at radius 3 is 2.57 bits per heavy atom.